The highest BCUT2D eigenvalue weighted by molar-refractivity contribution is 9.11. The molecular formula is C25H17Br4NO8S. The van der Waals surface area contributed by atoms with E-state index in [1.54, 1.807) is 12.1 Å². The monoisotopic (exact) mass is 807 g/mol. The van der Waals surface area contributed by atoms with Crippen LogP contribution in [-0.2, 0) is 9.59 Å². The number of carboxylic acids is 2. The molecule has 0 aromatic heterocycles. The first-order chi connectivity index (χ1) is 18.3. The smallest absolute Gasteiger partial charge is 0.339 e. The Labute approximate surface area is 260 Å². The summed E-state index contributed by atoms with van der Waals surface area (Å²) in [6, 6.07) is 12.9. The fourth-order valence-corrected chi connectivity index (χ4v) is 6.60. The van der Waals surface area contributed by atoms with Gasteiger partial charge in [0.1, 0.15) is 24.2 Å². The van der Waals surface area contributed by atoms with Gasteiger partial charge in [-0.25, -0.2) is 13.9 Å². The summed E-state index contributed by atoms with van der Waals surface area (Å²) in [6.07, 6.45) is 0. The second-order valence-electron chi connectivity index (χ2n) is 7.79. The molecule has 2 N–H and O–H groups in total. The van der Waals surface area contributed by atoms with Crippen molar-refractivity contribution in [2.24, 2.45) is 0 Å². The molecular weight excluding hydrogens is 794 g/mol. The van der Waals surface area contributed by atoms with Crippen molar-refractivity contribution in [3.05, 3.63) is 83.1 Å². The molecule has 0 aliphatic heterocycles. The number of carbonyl (C=O) groups is 4. The van der Waals surface area contributed by atoms with Gasteiger partial charge >= 0.3 is 23.9 Å². The molecule has 39 heavy (non-hydrogen) atoms. The molecule has 3 rings (SSSR count). The standard InChI is InChI=1S/C25H17Br4NO8S/c1-12-2-4-15(5-3-12)39-30(10-20(31)37-22-16(24(33)34)6-13(26)8-18(22)28)11-21(32)38-23-17(25(35)36)7-14(27)9-19(23)29/h2-9H,10-11H2,1H3,(H,33,34)(H,35,36). The molecule has 0 saturated carbocycles. The highest BCUT2D eigenvalue weighted by Gasteiger charge is 2.25. The molecule has 0 radical (unpaired) electrons. The molecule has 0 spiro atoms. The van der Waals surface area contributed by atoms with E-state index in [-0.39, 0.29) is 31.6 Å². The molecule has 14 heteroatoms. The van der Waals surface area contributed by atoms with Gasteiger partial charge in [-0.1, -0.05) is 49.6 Å². The number of esters is 2. The van der Waals surface area contributed by atoms with Gasteiger partial charge in [0.25, 0.3) is 0 Å². The molecule has 3 aromatic carbocycles. The number of halogens is 4. The Hall–Kier alpha value is -2.23. The Balaban J connectivity index is 1.84. The predicted octanol–water partition coefficient (Wildman–Crippen LogP) is 6.96. The lowest BCUT2D eigenvalue weighted by Gasteiger charge is -2.20. The van der Waals surface area contributed by atoms with Gasteiger partial charge < -0.3 is 19.7 Å². The average molecular weight is 811 g/mol. The van der Waals surface area contributed by atoms with E-state index in [0.717, 1.165) is 17.5 Å². The van der Waals surface area contributed by atoms with Crippen LogP contribution in [-0.4, -0.2) is 51.5 Å². The number of aromatic carboxylic acids is 2. The fourth-order valence-electron chi connectivity index (χ4n) is 3.09. The van der Waals surface area contributed by atoms with E-state index >= 15 is 0 Å². The lowest BCUT2D eigenvalue weighted by Crippen LogP contribution is -2.33. The number of carboxylic acid groups (broad SMARTS) is 2. The van der Waals surface area contributed by atoms with Gasteiger partial charge in [-0.15, -0.1) is 0 Å². The molecule has 0 bridgehead atoms. The van der Waals surface area contributed by atoms with Crippen LogP contribution in [0, 0.1) is 6.92 Å². The van der Waals surface area contributed by atoms with Crippen LogP contribution in [0.1, 0.15) is 26.3 Å². The summed E-state index contributed by atoms with van der Waals surface area (Å²) in [4.78, 5) is 49.9. The zero-order chi connectivity index (χ0) is 28.9. The number of rotatable bonds is 10. The van der Waals surface area contributed by atoms with Crippen LogP contribution in [0.5, 0.6) is 11.5 Å². The van der Waals surface area contributed by atoms with Gasteiger partial charge in [0.15, 0.2) is 11.5 Å². The predicted molar refractivity (Wildman–Crippen MR) is 157 cm³/mol. The first-order valence-electron chi connectivity index (χ1n) is 10.7. The minimum Gasteiger partial charge on any atom is -0.478 e. The van der Waals surface area contributed by atoms with E-state index in [0.29, 0.717) is 13.8 Å². The van der Waals surface area contributed by atoms with E-state index in [1.165, 1.54) is 28.6 Å². The molecule has 0 saturated heterocycles. The van der Waals surface area contributed by atoms with Gasteiger partial charge in [-0.3, -0.25) is 9.59 Å². The number of nitrogens with zero attached hydrogens (tertiary/aromatic N) is 1. The normalized spacial score (nSPS) is 10.8. The third kappa shape index (κ3) is 8.88. The second kappa shape index (κ2) is 13.9. The molecule has 204 valence electrons. The highest BCUT2D eigenvalue weighted by atomic mass is 79.9. The molecule has 0 amide bonds. The van der Waals surface area contributed by atoms with Crippen molar-refractivity contribution in [1.29, 1.82) is 0 Å². The Bertz CT molecular complexity index is 1360. The topological polar surface area (TPSA) is 130 Å². The molecule has 0 aliphatic rings. The number of aryl methyl sites for hydroxylation is 1. The van der Waals surface area contributed by atoms with Crippen LogP contribution in [0.15, 0.2) is 71.3 Å². The van der Waals surface area contributed by atoms with Crippen molar-refractivity contribution in [1.82, 2.24) is 4.31 Å². The number of hydrogen-bond acceptors (Lipinski definition) is 8. The minimum absolute atomic E-state index is 0.191. The van der Waals surface area contributed by atoms with Gasteiger partial charge in [-0.05, 0) is 87.1 Å². The highest BCUT2D eigenvalue weighted by Crippen LogP contribution is 2.35. The second-order valence-corrected chi connectivity index (χ2v) is 12.5. The van der Waals surface area contributed by atoms with E-state index in [1.807, 2.05) is 19.1 Å². The molecule has 0 atom stereocenters. The quantitative estimate of drug-likeness (QED) is 0.126. The Morgan fingerprint density at radius 2 is 1.15 bits per heavy atom. The number of benzene rings is 3. The first-order valence-corrected chi connectivity index (χ1v) is 14.6. The lowest BCUT2D eigenvalue weighted by molar-refractivity contribution is -0.136. The largest absolute Gasteiger partial charge is 0.478 e. The van der Waals surface area contributed by atoms with E-state index in [4.69, 9.17) is 9.47 Å². The van der Waals surface area contributed by atoms with Gasteiger partial charge in [-0.2, -0.15) is 0 Å². The van der Waals surface area contributed by atoms with Crippen molar-refractivity contribution in [2.75, 3.05) is 13.1 Å². The average Bonchev–Trinajstić information content (AvgIpc) is 2.83. The molecule has 0 heterocycles. The van der Waals surface area contributed by atoms with Crippen LogP contribution in [0.3, 0.4) is 0 Å². The number of ether oxygens (including phenoxy) is 2. The minimum atomic E-state index is -1.30. The first kappa shape index (κ1) is 31.3. The fraction of sp³-hybridized carbons (Fsp3) is 0.120. The summed E-state index contributed by atoms with van der Waals surface area (Å²) >= 11 is 13.9. The van der Waals surface area contributed by atoms with Crippen molar-refractivity contribution < 1.29 is 38.9 Å². The molecule has 0 fully saturated rings. The van der Waals surface area contributed by atoms with Crippen LogP contribution in [0.4, 0.5) is 0 Å². The zero-order valence-corrected chi connectivity index (χ0v) is 26.9. The lowest BCUT2D eigenvalue weighted by atomic mass is 10.2. The Morgan fingerprint density at radius 3 is 1.54 bits per heavy atom. The summed E-state index contributed by atoms with van der Waals surface area (Å²) in [5.41, 5.74) is 0.512. The number of carbonyl (C=O) groups excluding carboxylic acids is 2. The molecule has 0 aliphatic carbocycles. The van der Waals surface area contributed by atoms with Gasteiger partial charge in [0.05, 0.1) is 8.95 Å². The van der Waals surface area contributed by atoms with E-state index in [9.17, 15) is 29.4 Å². The third-order valence-electron chi connectivity index (χ3n) is 4.78. The zero-order valence-electron chi connectivity index (χ0n) is 19.7. The summed E-state index contributed by atoms with van der Waals surface area (Å²) in [6.45, 7) is 1.03. The van der Waals surface area contributed by atoms with E-state index < -0.39 is 37.0 Å². The molecule has 9 nitrogen and oxygen atoms in total. The van der Waals surface area contributed by atoms with Crippen molar-refractivity contribution in [3.8, 4) is 11.5 Å². The maximum Gasteiger partial charge on any atom is 0.339 e. The summed E-state index contributed by atoms with van der Waals surface area (Å²) in [7, 11) is 0. The molecule has 0 unspecified atom stereocenters. The SMILES string of the molecule is Cc1ccc(SN(CC(=O)Oc2c(Br)cc(Br)cc2C(=O)O)CC(=O)Oc2c(Br)cc(Br)cc2C(=O)O)cc1. The number of hydrogen-bond donors (Lipinski definition) is 2. The maximum atomic E-state index is 12.9. The van der Waals surface area contributed by atoms with Crippen LogP contribution in [0.25, 0.3) is 0 Å². The third-order valence-corrected chi connectivity index (χ3v) is 7.87. The van der Waals surface area contributed by atoms with Crippen molar-refractivity contribution in [2.45, 2.75) is 11.8 Å². The maximum absolute atomic E-state index is 12.9. The summed E-state index contributed by atoms with van der Waals surface area (Å²) < 4.78 is 13.5. The van der Waals surface area contributed by atoms with Crippen LogP contribution >= 0.6 is 75.7 Å². The summed E-state index contributed by atoms with van der Waals surface area (Å²) in [5.74, 6) is -4.67. The van der Waals surface area contributed by atoms with Crippen molar-refractivity contribution >= 4 is 99.5 Å². The van der Waals surface area contributed by atoms with Gasteiger partial charge in [0, 0.05) is 13.8 Å². The van der Waals surface area contributed by atoms with Crippen molar-refractivity contribution in [3.63, 3.8) is 0 Å². The Kier molecular flexibility index (Phi) is 11.2. The van der Waals surface area contributed by atoms with Crippen LogP contribution in [0.2, 0.25) is 0 Å². The van der Waals surface area contributed by atoms with E-state index in [2.05, 4.69) is 63.7 Å². The summed E-state index contributed by atoms with van der Waals surface area (Å²) in [5, 5.41) is 19.1. The van der Waals surface area contributed by atoms with Crippen LogP contribution < -0.4 is 9.47 Å². The van der Waals surface area contributed by atoms with Gasteiger partial charge in [0.2, 0.25) is 0 Å². The Morgan fingerprint density at radius 1 is 0.744 bits per heavy atom. The molecule has 3 aromatic rings.